The molecule has 1 atom stereocenters. The molecule has 1 aromatic carbocycles. The summed E-state index contributed by atoms with van der Waals surface area (Å²) in [7, 11) is 0. The van der Waals surface area contributed by atoms with Gasteiger partial charge in [0.2, 0.25) is 5.91 Å². The molecule has 0 aliphatic heterocycles. The van der Waals surface area contributed by atoms with Gasteiger partial charge in [-0.2, -0.15) is 0 Å². The highest BCUT2D eigenvalue weighted by atomic mass is 79.9. The van der Waals surface area contributed by atoms with Crippen molar-refractivity contribution in [2.24, 2.45) is 0 Å². The Morgan fingerprint density at radius 2 is 2.05 bits per heavy atom. The Labute approximate surface area is 128 Å². The van der Waals surface area contributed by atoms with Gasteiger partial charge in [-0.25, -0.2) is 4.39 Å². The van der Waals surface area contributed by atoms with Crippen molar-refractivity contribution in [3.63, 3.8) is 0 Å². The Balaban J connectivity index is 2.46. The van der Waals surface area contributed by atoms with E-state index >= 15 is 0 Å². The summed E-state index contributed by atoms with van der Waals surface area (Å²) in [5, 5.41) is 6.05. The van der Waals surface area contributed by atoms with Crippen LogP contribution in [0, 0.1) is 5.82 Å². The molecule has 3 nitrogen and oxygen atoms in total. The fourth-order valence-electron chi connectivity index (χ4n) is 1.84. The standard InChI is InChI=1S/C15H22BrFN2O/c1-10(12-9-11(16)5-6-13(12)17)18-8-7-14(20)19-15(2,3)4/h5-6,9-10,18H,7-8H2,1-4H3,(H,19,20). The molecule has 0 aromatic heterocycles. The molecule has 112 valence electrons. The quantitative estimate of drug-likeness (QED) is 0.857. The monoisotopic (exact) mass is 344 g/mol. The van der Waals surface area contributed by atoms with Gasteiger partial charge in [0.1, 0.15) is 5.82 Å². The van der Waals surface area contributed by atoms with Gasteiger partial charge in [0.25, 0.3) is 0 Å². The van der Waals surface area contributed by atoms with Crippen LogP contribution in [0.3, 0.4) is 0 Å². The molecule has 1 unspecified atom stereocenters. The average Bonchev–Trinajstić information content (AvgIpc) is 2.29. The second kappa shape index (κ2) is 7.18. The Kier molecular flexibility index (Phi) is 6.14. The normalized spacial score (nSPS) is 13.1. The molecule has 2 N–H and O–H groups in total. The third-order valence-corrected chi connectivity index (χ3v) is 3.23. The minimum atomic E-state index is -0.243. The number of hydrogen-bond acceptors (Lipinski definition) is 2. The summed E-state index contributed by atoms with van der Waals surface area (Å²) in [6.45, 7) is 8.22. The highest BCUT2D eigenvalue weighted by molar-refractivity contribution is 9.10. The van der Waals surface area contributed by atoms with Crippen molar-refractivity contribution in [1.82, 2.24) is 10.6 Å². The zero-order chi connectivity index (χ0) is 15.3. The maximum Gasteiger partial charge on any atom is 0.221 e. The predicted octanol–water partition coefficient (Wildman–Crippen LogP) is 3.54. The fourth-order valence-corrected chi connectivity index (χ4v) is 2.22. The molecule has 0 heterocycles. The van der Waals surface area contributed by atoms with Crippen LogP contribution in [-0.4, -0.2) is 18.0 Å². The molecule has 0 radical (unpaired) electrons. The Hall–Kier alpha value is -0.940. The predicted molar refractivity (Wildman–Crippen MR) is 83.0 cm³/mol. The van der Waals surface area contributed by atoms with Crippen LogP contribution in [0.1, 0.15) is 45.7 Å². The lowest BCUT2D eigenvalue weighted by Gasteiger charge is -2.21. The Morgan fingerprint density at radius 3 is 2.65 bits per heavy atom. The SMILES string of the molecule is CC(NCCC(=O)NC(C)(C)C)c1cc(Br)ccc1F. The second-order valence-corrected chi connectivity index (χ2v) is 6.81. The number of carbonyl (C=O) groups is 1. The Morgan fingerprint density at radius 1 is 1.40 bits per heavy atom. The van der Waals surface area contributed by atoms with Crippen LogP contribution in [-0.2, 0) is 4.79 Å². The van der Waals surface area contributed by atoms with Gasteiger partial charge in [-0.15, -0.1) is 0 Å². The molecule has 5 heteroatoms. The minimum absolute atomic E-state index is 0.00749. The van der Waals surface area contributed by atoms with E-state index in [0.29, 0.717) is 18.5 Å². The molecule has 0 aliphatic carbocycles. The highest BCUT2D eigenvalue weighted by Gasteiger charge is 2.14. The molecule has 1 rings (SSSR count). The third-order valence-electron chi connectivity index (χ3n) is 2.74. The highest BCUT2D eigenvalue weighted by Crippen LogP contribution is 2.21. The van der Waals surface area contributed by atoms with Gasteiger partial charge in [0, 0.05) is 34.6 Å². The van der Waals surface area contributed by atoms with Crippen LogP contribution < -0.4 is 10.6 Å². The second-order valence-electron chi connectivity index (χ2n) is 5.89. The van der Waals surface area contributed by atoms with Crippen molar-refractivity contribution in [2.45, 2.75) is 45.7 Å². The van der Waals surface area contributed by atoms with Crippen LogP contribution in [0.4, 0.5) is 4.39 Å². The first-order chi connectivity index (χ1) is 9.19. The summed E-state index contributed by atoms with van der Waals surface area (Å²) in [5.41, 5.74) is 0.370. The summed E-state index contributed by atoms with van der Waals surface area (Å²) >= 11 is 3.33. The number of nitrogens with one attached hydrogen (secondary N) is 2. The minimum Gasteiger partial charge on any atom is -0.351 e. The summed E-state index contributed by atoms with van der Waals surface area (Å²) < 4.78 is 14.5. The van der Waals surface area contributed by atoms with Crippen molar-refractivity contribution in [3.05, 3.63) is 34.1 Å². The largest absolute Gasteiger partial charge is 0.351 e. The lowest BCUT2D eigenvalue weighted by molar-refractivity contribution is -0.122. The number of hydrogen-bond donors (Lipinski definition) is 2. The van der Waals surface area contributed by atoms with Gasteiger partial charge in [0.05, 0.1) is 0 Å². The Bertz CT molecular complexity index is 471. The van der Waals surface area contributed by atoms with Crippen molar-refractivity contribution in [2.75, 3.05) is 6.54 Å². The lowest BCUT2D eigenvalue weighted by Crippen LogP contribution is -2.41. The molecular weight excluding hydrogens is 323 g/mol. The third kappa shape index (κ3) is 6.01. The van der Waals surface area contributed by atoms with E-state index in [1.807, 2.05) is 27.7 Å². The van der Waals surface area contributed by atoms with Gasteiger partial charge >= 0.3 is 0 Å². The van der Waals surface area contributed by atoms with Gasteiger partial charge in [-0.3, -0.25) is 4.79 Å². The van der Waals surface area contributed by atoms with E-state index in [9.17, 15) is 9.18 Å². The van der Waals surface area contributed by atoms with E-state index in [4.69, 9.17) is 0 Å². The van der Waals surface area contributed by atoms with Crippen molar-refractivity contribution < 1.29 is 9.18 Å². The first kappa shape index (κ1) is 17.1. The van der Waals surface area contributed by atoms with E-state index in [0.717, 1.165) is 4.47 Å². The number of carbonyl (C=O) groups excluding carboxylic acids is 1. The molecule has 20 heavy (non-hydrogen) atoms. The summed E-state index contributed by atoms with van der Waals surface area (Å²) in [4.78, 5) is 11.7. The topological polar surface area (TPSA) is 41.1 Å². The van der Waals surface area contributed by atoms with Gasteiger partial charge in [0.15, 0.2) is 0 Å². The van der Waals surface area contributed by atoms with Crippen molar-refractivity contribution in [1.29, 1.82) is 0 Å². The van der Waals surface area contributed by atoms with Crippen molar-refractivity contribution >= 4 is 21.8 Å². The molecule has 0 saturated heterocycles. The van der Waals surface area contributed by atoms with Gasteiger partial charge in [-0.05, 0) is 45.9 Å². The van der Waals surface area contributed by atoms with Crippen LogP contribution in [0.5, 0.6) is 0 Å². The first-order valence-corrected chi connectivity index (χ1v) is 7.47. The lowest BCUT2D eigenvalue weighted by atomic mass is 10.1. The first-order valence-electron chi connectivity index (χ1n) is 6.68. The summed E-state index contributed by atoms with van der Waals surface area (Å²) in [6.07, 6.45) is 0.372. The van der Waals surface area contributed by atoms with Crippen LogP contribution in [0.25, 0.3) is 0 Å². The van der Waals surface area contributed by atoms with E-state index < -0.39 is 0 Å². The number of amides is 1. The number of benzene rings is 1. The van der Waals surface area contributed by atoms with E-state index in [1.54, 1.807) is 12.1 Å². The number of halogens is 2. The average molecular weight is 345 g/mol. The number of rotatable bonds is 5. The zero-order valence-electron chi connectivity index (χ0n) is 12.4. The molecule has 0 spiro atoms. The molecule has 0 bridgehead atoms. The van der Waals surface area contributed by atoms with Crippen LogP contribution in [0.15, 0.2) is 22.7 Å². The molecule has 1 amide bonds. The zero-order valence-corrected chi connectivity index (χ0v) is 14.0. The summed E-state index contributed by atoms with van der Waals surface area (Å²) in [6, 6.07) is 4.71. The van der Waals surface area contributed by atoms with Gasteiger partial charge in [-0.1, -0.05) is 15.9 Å². The van der Waals surface area contributed by atoms with Gasteiger partial charge < -0.3 is 10.6 Å². The molecule has 0 saturated carbocycles. The van der Waals surface area contributed by atoms with Crippen LogP contribution >= 0.6 is 15.9 Å². The summed E-state index contributed by atoms with van der Waals surface area (Å²) in [5.74, 6) is -0.251. The smallest absolute Gasteiger partial charge is 0.221 e. The maximum absolute atomic E-state index is 13.7. The molecule has 1 aromatic rings. The van der Waals surface area contributed by atoms with Crippen LogP contribution in [0.2, 0.25) is 0 Å². The van der Waals surface area contributed by atoms with E-state index in [1.165, 1.54) is 6.07 Å². The molecule has 0 aliphatic rings. The van der Waals surface area contributed by atoms with Crippen molar-refractivity contribution in [3.8, 4) is 0 Å². The van der Waals surface area contributed by atoms with E-state index in [2.05, 4.69) is 26.6 Å². The molecule has 0 fully saturated rings. The molecular formula is C15H22BrFN2O. The maximum atomic E-state index is 13.7. The van der Waals surface area contributed by atoms with E-state index in [-0.39, 0.29) is 23.3 Å². The fraction of sp³-hybridized carbons (Fsp3) is 0.533.